The van der Waals surface area contributed by atoms with Gasteiger partial charge in [0.05, 0.1) is 12.9 Å². The summed E-state index contributed by atoms with van der Waals surface area (Å²) >= 11 is 0. The van der Waals surface area contributed by atoms with Crippen LogP contribution in [0.3, 0.4) is 0 Å². The molecule has 2 N–H and O–H groups in total. The maximum absolute atomic E-state index is 10.5. The fraction of sp³-hybridized carbons (Fsp3) is 0.474. The molecule has 0 saturated carbocycles. The van der Waals surface area contributed by atoms with Gasteiger partial charge >= 0.3 is 0 Å². The van der Waals surface area contributed by atoms with Crippen LogP contribution in [-0.2, 0) is 14.2 Å². The summed E-state index contributed by atoms with van der Waals surface area (Å²) in [6.07, 6.45) is -3.97. The van der Waals surface area contributed by atoms with Crippen LogP contribution in [0.1, 0.15) is 23.2 Å². The van der Waals surface area contributed by atoms with Crippen LogP contribution >= 0.6 is 0 Å². The van der Waals surface area contributed by atoms with Gasteiger partial charge in [-0.2, -0.15) is 0 Å². The van der Waals surface area contributed by atoms with Crippen molar-refractivity contribution in [1.82, 2.24) is 0 Å². The van der Waals surface area contributed by atoms with Crippen LogP contribution in [0.5, 0.6) is 5.75 Å². The number of fused-ring (bicyclic) bond motifs is 1. The molecule has 0 bridgehead atoms. The van der Waals surface area contributed by atoms with Gasteiger partial charge in [-0.3, -0.25) is 0 Å². The molecule has 2 aliphatic rings. The maximum atomic E-state index is 10.5. The number of hydrogen-bond acceptors (Lipinski definition) is 7. The number of furan rings is 1. The molecule has 0 amide bonds. The zero-order valence-corrected chi connectivity index (χ0v) is 14.6. The van der Waals surface area contributed by atoms with Crippen LogP contribution in [0.2, 0.25) is 0 Å². The molecule has 140 valence electrons. The van der Waals surface area contributed by atoms with Gasteiger partial charge in [-0.05, 0) is 49.2 Å². The van der Waals surface area contributed by atoms with Gasteiger partial charge in [-0.1, -0.05) is 6.07 Å². The molecule has 2 fully saturated rings. The first-order valence-electron chi connectivity index (χ1n) is 8.59. The second-order valence-electron chi connectivity index (χ2n) is 6.67. The van der Waals surface area contributed by atoms with E-state index in [0.29, 0.717) is 11.5 Å². The molecule has 0 spiro atoms. The zero-order valence-electron chi connectivity index (χ0n) is 14.6. The summed E-state index contributed by atoms with van der Waals surface area (Å²) in [5.41, 5.74) is 2.21. The standard InChI is InChI=1S/C19H22O7/c1-10-5-6-12(8-11(10)2)24-19-16(21)15(20)17-14(25-19)9-23-18(26-17)13-4-3-7-22-13/h3-8,14-21H,9H2,1-2H3. The van der Waals surface area contributed by atoms with E-state index in [2.05, 4.69) is 0 Å². The summed E-state index contributed by atoms with van der Waals surface area (Å²) in [6, 6.07) is 9.05. The smallest absolute Gasteiger partial charge is 0.229 e. The number of rotatable bonds is 3. The highest BCUT2D eigenvalue weighted by Gasteiger charge is 2.50. The second-order valence-corrected chi connectivity index (χ2v) is 6.67. The van der Waals surface area contributed by atoms with Gasteiger partial charge in [0.15, 0.2) is 5.76 Å². The van der Waals surface area contributed by atoms with Crippen molar-refractivity contribution in [1.29, 1.82) is 0 Å². The molecule has 0 radical (unpaired) electrons. The number of aryl methyl sites for hydroxylation is 2. The molecule has 1 aromatic heterocycles. The number of benzene rings is 1. The van der Waals surface area contributed by atoms with Crippen molar-refractivity contribution < 1.29 is 33.6 Å². The molecule has 7 heteroatoms. The number of ether oxygens (including phenoxy) is 4. The molecule has 2 saturated heterocycles. The Labute approximate surface area is 151 Å². The second kappa shape index (κ2) is 7.02. The third kappa shape index (κ3) is 3.24. The van der Waals surface area contributed by atoms with Crippen molar-refractivity contribution in [2.75, 3.05) is 6.61 Å². The Kier molecular flexibility index (Phi) is 4.73. The Morgan fingerprint density at radius 1 is 1.04 bits per heavy atom. The van der Waals surface area contributed by atoms with Crippen LogP contribution < -0.4 is 4.74 Å². The number of aliphatic hydroxyl groups excluding tert-OH is 2. The van der Waals surface area contributed by atoms with Crippen LogP contribution in [0.15, 0.2) is 41.0 Å². The third-order valence-electron chi connectivity index (χ3n) is 4.84. The van der Waals surface area contributed by atoms with E-state index in [1.54, 1.807) is 18.2 Å². The summed E-state index contributed by atoms with van der Waals surface area (Å²) in [7, 11) is 0. The van der Waals surface area contributed by atoms with Crippen molar-refractivity contribution in [2.45, 2.75) is 50.8 Å². The molecule has 6 unspecified atom stereocenters. The average molecular weight is 362 g/mol. The van der Waals surface area contributed by atoms with E-state index in [1.807, 2.05) is 26.0 Å². The molecule has 0 aliphatic carbocycles. The Morgan fingerprint density at radius 3 is 2.62 bits per heavy atom. The topological polar surface area (TPSA) is 90.5 Å². The van der Waals surface area contributed by atoms with E-state index in [4.69, 9.17) is 23.4 Å². The van der Waals surface area contributed by atoms with Crippen LogP contribution in [-0.4, -0.2) is 47.5 Å². The molecule has 2 aromatic rings. The van der Waals surface area contributed by atoms with Crippen molar-refractivity contribution in [3.05, 3.63) is 53.5 Å². The fourth-order valence-corrected chi connectivity index (χ4v) is 3.17. The van der Waals surface area contributed by atoms with Crippen LogP contribution in [0.25, 0.3) is 0 Å². The lowest BCUT2D eigenvalue weighted by Crippen LogP contribution is -2.62. The van der Waals surface area contributed by atoms with Crippen LogP contribution in [0, 0.1) is 13.8 Å². The molecule has 7 nitrogen and oxygen atoms in total. The lowest BCUT2D eigenvalue weighted by molar-refractivity contribution is -0.352. The minimum absolute atomic E-state index is 0.187. The number of aliphatic hydroxyl groups is 2. The Balaban J connectivity index is 1.46. The monoisotopic (exact) mass is 362 g/mol. The maximum Gasteiger partial charge on any atom is 0.229 e. The molecule has 6 atom stereocenters. The summed E-state index contributed by atoms with van der Waals surface area (Å²) in [5.74, 6) is 1.06. The van der Waals surface area contributed by atoms with Gasteiger partial charge in [0.2, 0.25) is 12.6 Å². The lowest BCUT2D eigenvalue weighted by Gasteiger charge is -2.45. The van der Waals surface area contributed by atoms with E-state index < -0.39 is 37.0 Å². The molecular weight excluding hydrogens is 340 g/mol. The highest BCUT2D eigenvalue weighted by atomic mass is 16.8. The first-order chi connectivity index (χ1) is 12.5. The molecule has 4 rings (SSSR count). The Hall–Kier alpha value is -1.90. The minimum Gasteiger partial charge on any atom is -0.464 e. The van der Waals surface area contributed by atoms with Crippen molar-refractivity contribution in [3.8, 4) is 5.75 Å². The molecule has 1 aromatic carbocycles. The van der Waals surface area contributed by atoms with Crippen molar-refractivity contribution >= 4 is 0 Å². The van der Waals surface area contributed by atoms with E-state index in [0.717, 1.165) is 11.1 Å². The molecular formula is C19H22O7. The lowest BCUT2D eigenvalue weighted by atomic mass is 9.98. The Bertz CT molecular complexity index is 742. The summed E-state index contributed by atoms with van der Waals surface area (Å²) in [4.78, 5) is 0. The first-order valence-corrected chi connectivity index (χ1v) is 8.59. The predicted molar refractivity (Wildman–Crippen MR) is 89.5 cm³/mol. The van der Waals surface area contributed by atoms with Gasteiger partial charge in [0, 0.05) is 0 Å². The van der Waals surface area contributed by atoms with E-state index in [-0.39, 0.29) is 6.61 Å². The highest BCUT2D eigenvalue weighted by Crippen LogP contribution is 2.35. The Morgan fingerprint density at radius 2 is 1.88 bits per heavy atom. The van der Waals surface area contributed by atoms with Gasteiger partial charge in [0.1, 0.15) is 30.2 Å². The van der Waals surface area contributed by atoms with Crippen LogP contribution in [0.4, 0.5) is 0 Å². The van der Waals surface area contributed by atoms with Gasteiger partial charge in [-0.15, -0.1) is 0 Å². The quantitative estimate of drug-likeness (QED) is 0.861. The summed E-state index contributed by atoms with van der Waals surface area (Å²) in [6.45, 7) is 4.17. The summed E-state index contributed by atoms with van der Waals surface area (Å²) < 4.78 is 28.2. The largest absolute Gasteiger partial charge is 0.464 e. The van der Waals surface area contributed by atoms with E-state index >= 15 is 0 Å². The predicted octanol–water partition coefficient (Wildman–Crippen LogP) is 1.84. The van der Waals surface area contributed by atoms with Gasteiger partial charge in [0.25, 0.3) is 0 Å². The van der Waals surface area contributed by atoms with E-state index in [1.165, 1.54) is 6.26 Å². The van der Waals surface area contributed by atoms with Gasteiger partial charge in [-0.25, -0.2) is 0 Å². The highest BCUT2D eigenvalue weighted by molar-refractivity contribution is 5.34. The van der Waals surface area contributed by atoms with E-state index in [9.17, 15) is 10.2 Å². The summed E-state index contributed by atoms with van der Waals surface area (Å²) in [5, 5.41) is 20.9. The molecule has 2 aliphatic heterocycles. The number of hydrogen-bond donors (Lipinski definition) is 2. The average Bonchev–Trinajstić information content (AvgIpc) is 3.17. The fourth-order valence-electron chi connectivity index (χ4n) is 3.17. The normalized spacial score (nSPS) is 34.3. The molecule has 26 heavy (non-hydrogen) atoms. The minimum atomic E-state index is -1.26. The van der Waals surface area contributed by atoms with Gasteiger partial charge < -0.3 is 33.6 Å². The van der Waals surface area contributed by atoms with Crippen molar-refractivity contribution in [2.24, 2.45) is 0 Å². The van der Waals surface area contributed by atoms with Crippen molar-refractivity contribution in [3.63, 3.8) is 0 Å². The third-order valence-corrected chi connectivity index (χ3v) is 4.84. The zero-order chi connectivity index (χ0) is 18.3. The molecule has 3 heterocycles. The first kappa shape index (κ1) is 17.5. The SMILES string of the molecule is Cc1ccc(OC2OC3COC(c4ccco4)OC3C(O)C2O)cc1C.